The topological polar surface area (TPSA) is 58.6 Å². The fourth-order valence-corrected chi connectivity index (χ4v) is 4.90. The number of piperidine rings is 1. The van der Waals surface area contributed by atoms with Gasteiger partial charge in [-0.15, -0.1) is 0 Å². The zero-order valence-electron chi connectivity index (χ0n) is 18.3. The van der Waals surface area contributed by atoms with E-state index in [1.165, 1.54) is 11.1 Å². The van der Waals surface area contributed by atoms with Crippen LogP contribution in [0.3, 0.4) is 0 Å². The maximum atomic E-state index is 13.3. The van der Waals surface area contributed by atoms with Gasteiger partial charge in [0.05, 0.1) is 5.41 Å². The number of carbonyl (C=O) groups is 2. The van der Waals surface area contributed by atoms with Gasteiger partial charge in [0.1, 0.15) is 6.10 Å². The summed E-state index contributed by atoms with van der Waals surface area (Å²) in [5.74, 6) is 0.189. The van der Waals surface area contributed by atoms with Crippen LogP contribution in [-0.2, 0) is 20.7 Å². The van der Waals surface area contributed by atoms with Crippen molar-refractivity contribution in [2.24, 2.45) is 5.41 Å². The van der Waals surface area contributed by atoms with Crippen LogP contribution in [0.4, 0.5) is 0 Å². The number of carbonyl (C=O) groups excluding carboxylic acids is 2. The first-order chi connectivity index (χ1) is 15.1. The average molecular weight is 421 g/mol. The summed E-state index contributed by atoms with van der Waals surface area (Å²) >= 11 is 0. The predicted molar refractivity (Wildman–Crippen MR) is 121 cm³/mol. The van der Waals surface area contributed by atoms with Crippen molar-refractivity contribution in [1.82, 2.24) is 10.2 Å². The minimum absolute atomic E-state index is 0.0895. The highest BCUT2D eigenvalue weighted by molar-refractivity contribution is 5.85. The fraction of sp³-hybridized carbons (Fsp3) is 0.462. The molecule has 1 atom stereocenters. The number of nitrogens with one attached hydrogen (secondary N) is 1. The highest BCUT2D eigenvalue weighted by atomic mass is 16.5. The molecule has 0 saturated carbocycles. The van der Waals surface area contributed by atoms with E-state index >= 15 is 0 Å². The van der Waals surface area contributed by atoms with Crippen molar-refractivity contribution < 1.29 is 14.3 Å². The molecule has 2 saturated heterocycles. The van der Waals surface area contributed by atoms with E-state index in [9.17, 15) is 9.59 Å². The number of amides is 2. The van der Waals surface area contributed by atoms with Gasteiger partial charge in [0.25, 0.3) is 5.91 Å². The predicted octanol–water partition coefficient (Wildman–Crippen LogP) is 3.82. The Labute approximate surface area is 184 Å². The zero-order chi connectivity index (χ0) is 21.7. The van der Waals surface area contributed by atoms with Gasteiger partial charge in [-0.3, -0.25) is 9.59 Å². The minimum Gasteiger partial charge on any atom is -0.368 e. The van der Waals surface area contributed by atoms with Crippen molar-refractivity contribution in [3.8, 4) is 11.1 Å². The van der Waals surface area contributed by atoms with E-state index in [4.69, 9.17) is 4.74 Å². The lowest BCUT2D eigenvalue weighted by molar-refractivity contribution is -0.146. The fourth-order valence-electron chi connectivity index (χ4n) is 4.90. The van der Waals surface area contributed by atoms with E-state index in [1.807, 2.05) is 42.2 Å². The molecule has 5 nitrogen and oxygen atoms in total. The summed E-state index contributed by atoms with van der Waals surface area (Å²) in [6.07, 6.45) is 3.47. The Hall–Kier alpha value is -2.66. The molecular weight excluding hydrogens is 388 g/mol. The highest BCUT2D eigenvalue weighted by Crippen LogP contribution is 2.38. The first-order valence-corrected chi connectivity index (χ1v) is 11.4. The van der Waals surface area contributed by atoms with E-state index in [0.29, 0.717) is 45.5 Å². The summed E-state index contributed by atoms with van der Waals surface area (Å²) in [6, 6.07) is 18.7. The lowest BCUT2D eigenvalue weighted by atomic mass is 9.72. The van der Waals surface area contributed by atoms with Gasteiger partial charge in [-0.25, -0.2) is 0 Å². The first-order valence-electron chi connectivity index (χ1n) is 11.4. The second-order valence-corrected chi connectivity index (χ2v) is 8.67. The second kappa shape index (κ2) is 9.65. The molecule has 5 heteroatoms. The number of likely N-dealkylation sites (tertiary alicyclic amines) is 1. The average Bonchev–Trinajstić information content (AvgIpc) is 3.35. The summed E-state index contributed by atoms with van der Waals surface area (Å²) in [7, 11) is 0. The van der Waals surface area contributed by atoms with Crippen LogP contribution in [-0.4, -0.2) is 49.1 Å². The molecule has 2 aromatic carbocycles. The number of ether oxygens (including phenoxy) is 1. The van der Waals surface area contributed by atoms with Gasteiger partial charge in [0.2, 0.25) is 5.91 Å². The minimum atomic E-state index is -0.506. The largest absolute Gasteiger partial charge is 0.368 e. The molecule has 0 spiro atoms. The maximum absolute atomic E-state index is 13.3. The van der Waals surface area contributed by atoms with E-state index in [-0.39, 0.29) is 17.9 Å². The van der Waals surface area contributed by atoms with E-state index in [1.54, 1.807) is 0 Å². The molecule has 164 valence electrons. The summed E-state index contributed by atoms with van der Waals surface area (Å²) in [5.41, 5.74) is 3.01. The van der Waals surface area contributed by atoms with Crippen LogP contribution in [0.5, 0.6) is 0 Å². The number of rotatable bonds is 6. The third kappa shape index (κ3) is 4.67. The summed E-state index contributed by atoms with van der Waals surface area (Å²) in [5, 5.41) is 3.07. The van der Waals surface area contributed by atoms with Gasteiger partial charge in [-0.1, -0.05) is 54.6 Å². The molecule has 2 aromatic rings. The van der Waals surface area contributed by atoms with Crippen molar-refractivity contribution in [3.05, 3.63) is 60.2 Å². The Morgan fingerprint density at radius 1 is 1.06 bits per heavy atom. The number of hydrogen-bond donors (Lipinski definition) is 1. The van der Waals surface area contributed by atoms with Gasteiger partial charge in [0, 0.05) is 26.2 Å². The van der Waals surface area contributed by atoms with Crippen LogP contribution >= 0.6 is 0 Å². The van der Waals surface area contributed by atoms with Gasteiger partial charge in [0.15, 0.2) is 0 Å². The molecule has 4 rings (SSSR count). The molecule has 0 radical (unpaired) electrons. The number of hydrogen-bond acceptors (Lipinski definition) is 3. The van der Waals surface area contributed by atoms with E-state index < -0.39 is 5.41 Å². The molecule has 1 N–H and O–H groups in total. The Bertz CT molecular complexity index is 898. The Morgan fingerprint density at radius 2 is 1.77 bits per heavy atom. The van der Waals surface area contributed by atoms with Crippen LogP contribution in [0, 0.1) is 5.41 Å². The van der Waals surface area contributed by atoms with Crippen LogP contribution in [0.25, 0.3) is 11.1 Å². The van der Waals surface area contributed by atoms with Crippen LogP contribution in [0.1, 0.15) is 38.2 Å². The monoisotopic (exact) mass is 420 g/mol. The molecule has 0 unspecified atom stereocenters. The van der Waals surface area contributed by atoms with Gasteiger partial charge < -0.3 is 15.0 Å². The van der Waals surface area contributed by atoms with Crippen molar-refractivity contribution in [1.29, 1.82) is 0 Å². The van der Waals surface area contributed by atoms with Crippen molar-refractivity contribution in [2.75, 3.05) is 26.2 Å². The third-order valence-electron chi connectivity index (χ3n) is 6.69. The lowest BCUT2D eigenvalue weighted by Gasteiger charge is -2.41. The second-order valence-electron chi connectivity index (χ2n) is 8.67. The molecule has 2 aliphatic heterocycles. The van der Waals surface area contributed by atoms with Crippen LogP contribution in [0.2, 0.25) is 0 Å². The Kier molecular flexibility index (Phi) is 6.71. The highest BCUT2D eigenvalue weighted by Gasteiger charge is 2.43. The van der Waals surface area contributed by atoms with Crippen molar-refractivity contribution >= 4 is 11.8 Å². The third-order valence-corrected chi connectivity index (χ3v) is 6.69. The van der Waals surface area contributed by atoms with Gasteiger partial charge in [-0.05, 0) is 55.7 Å². The Balaban J connectivity index is 1.56. The molecule has 0 bridgehead atoms. The molecular formula is C26H32N2O3. The molecule has 0 aromatic heterocycles. The van der Waals surface area contributed by atoms with Gasteiger partial charge in [-0.2, -0.15) is 0 Å². The van der Waals surface area contributed by atoms with E-state index in [2.05, 4.69) is 29.6 Å². The maximum Gasteiger partial charge on any atom is 0.251 e. The normalized spacial score (nSPS) is 20.4. The molecule has 2 fully saturated rings. The molecule has 2 heterocycles. The van der Waals surface area contributed by atoms with Crippen LogP contribution < -0.4 is 5.32 Å². The smallest absolute Gasteiger partial charge is 0.251 e. The quantitative estimate of drug-likeness (QED) is 0.773. The first kappa shape index (κ1) is 21.6. The van der Waals surface area contributed by atoms with Crippen LogP contribution in [0.15, 0.2) is 54.6 Å². The SMILES string of the molecule is CCNC(=O)C1(Cc2ccccc2-c2ccccc2)CCN(C(=O)[C@H]2CCCO2)CC1. The summed E-state index contributed by atoms with van der Waals surface area (Å²) in [6.45, 7) is 4.44. The van der Waals surface area contributed by atoms with Gasteiger partial charge >= 0.3 is 0 Å². The number of benzene rings is 2. The molecule has 31 heavy (non-hydrogen) atoms. The Morgan fingerprint density at radius 3 is 2.45 bits per heavy atom. The number of nitrogens with zero attached hydrogens (tertiary/aromatic N) is 1. The molecule has 2 aliphatic rings. The molecule has 2 amide bonds. The lowest BCUT2D eigenvalue weighted by Crippen LogP contribution is -2.52. The van der Waals surface area contributed by atoms with Crippen molar-refractivity contribution in [3.63, 3.8) is 0 Å². The summed E-state index contributed by atoms with van der Waals surface area (Å²) < 4.78 is 5.60. The zero-order valence-corrected chi connectivity index (χ0v) is 18.3. The molecule has 0 aliphatic carbocycles. The van der Waals surface area contributed by atoms with Crippen molar-refractivity contribution in [2.45, 2.75) is 45.1 Å². The van der Waals surface area contributed by atoms with E-state index in [0.717, 1.165) is 18.4 Å². The summed E-state index contributed by atoms with van der Waals surface area (Å²) in [4.78, 5) is 28.0. The standard InChI is InChI=1S/C26H32N2O3/c1-2-27-25(30)26(14-16-28(17-15-26)24(29)23-13-8-18-31-23)19-21-11-6-7-12-22(21)20-9-4-3-5-10-20/h3-7,9-12,23H,2,8,13-19H2,1H3,(H,27,30)/t23-/m1/s1.